The fraction of sp³-hybridized carbons (Fsp3) is 0.455. The van der Waals surface area contributed by atoms with Crippen molar-refractivity contribution in [2.24, 2.45) is 0 Å². The number of halogens is 1. The number of nitrogens with one attached hydrogen (secondary N) is 2. The van der Waals surface area contributed by atoms with E-state index in [0.717, 1.165) is 15.1 Å². The van der Waals surface area contributed by atoms with E-state index in [-0.39, 0.29) is 10.8 Å². The van der Waals surface area contributed by atoms with Crippen LogP contribution < -0.4 is 10.6 Å². The van der Waals surface area contributed by atoms with Crippen LogP contribution >= 0.6 is 27.3 Å². The number of carbonyl (C=O) groups is 2. The van der Waals surface area contributed by atoms with Crippen molar-refractivity contribution in [2.45, 2.75) is 22.6 Å². The van der Waals surface area contributed by atoms with Crippen LogP contribution in [0.5, 0.6) is 0 Å². The number of carbonyl (C=O) groups excluding carboxylic acids is 2. The highest BCUT2D eigenvalue weighted by Crippen LogP contribution is 2.32. The summed E-state index contributed by atoms with van der Waals surface area (Å²) in [6.45, 7) is 0.297. The molecule has 1 atom stereocenters. The summed E-state index contributed by atoms with van der Waals surface area (Å²) < 4.78 is 27.4. The molecule has 0 saturated carbocycles. The predicted octanol–water partition coefficient (Wildman–Crippen LogP) is 0.873. The van der Waals surface area contributed by atoms with E-state index in [2.05, 4.69) is 26.6 Å². The van der Waals surface area contributed by atoms with E-state index in [1.54, 1.807) is 6.07 Å². The van der Waals surface area contributed by atoms with E-state index >= 15 is 0 Å². The molecule has 0 aliphatic carbocycles. The van der Waals surface area contributed by atoms with Gasteiger partial charge in [0.1, 0.15) is 9.75 Å². The summed E-state index contributed by atoms with van der Waals surface area (Å²) in [5.41, 5.74) is -1.14. The number of thiophene rings is 1. The zero-order valence-electron chi connectivity index (χ0n) is 10.8. The number of hydrogen-bond donors (Lipinski definition) is 2. The average Bonchev–Trinajstić information content (AvgIpc) is 2.95. The van der Waals surface area contributed by atoms with Gasteiger partial charge >= 0.3 is 6.03 Å². The summed E-state index contributed by atoms with van der Waals surface area (Å²) in [5.74, 6) is -0.459. The van der Waals surface area contributed by atoms with E-state index in [0.29, 0.717) is 19.4 Å². The SMILES string of the molecule is O=C1NC(=O)C2(CCCN(S(=O)(=O)c3ccc(Br)s3)C2)N1. The summed E-state index contributed by atoms with van der Waals surface area (Å²) in [4.78, 5) is 23.3. The zero-order chi connectivity index (χ0) is 15.3. The lowest BCUT2D eigenvalue weighted by Gasteiger charge is -2.36. The standard InChI is InChI=1S/C11H12BrN3O4S2/c12-7-2-3-8(20-7)21(18,19)15-5-1-4-11(6-15)9(16)13-10(17)14-11/h2-3H,1,4-6H2,(H2,13,14,16,17). The summed E-state index contributed by atoms with van der Waals surface area (Å²) in [6, 6.07) is 2.62. The van der Waals surface area contributed by atoms with Crippen molar-refractivity contribution >= 4 is 49.2 Å². The van der Waals surface area contributed by atoms with Gasteiger partial charge in [-0.25, -0.2) is 13.2 Å². The predicted molar refractivity (Wildman–Crippen MR) is 79.4 cm³/mol. The van der Waals surface area contributed by atoms with Crippen LogP contribution in [0.4, 0.5) is 4.79 Å². The van der Waals surface area contributed by atoms with Gasteiger partial charge in [0.25, 0.3) is 15.9 Å². The Labute approximate surface area is 133 Å². The first-order valence-electron chi connectivity index (χ1n) is 6.23. The third kappa shape index (κ3) is 2.50. The molecule has 0 radical (unpaired) electrons. The molecule has 2 N–H and O–H groups in total. The molecular formula is C11H12BrN3O4S2. The van der Waals surface area contributed by atoms with Gasteiger partial charge in [-0.1, -0.05) is 0 Å². The van der Waals surface area contributed by atoms with Gasteiger partial charge in [0.15, 0.2) is 0 Å². The van der Waals surface area contributed by atoms with Crippen LogP contribution in [-0.4, -0.2) is 43.3 Å². The maximum absolute atomic E-state index is 12.6. The van der Waals surface area contributed by atoms with Gasteiger partial charge in [-0.3, -0.25) is 10.1 Å². The third-order valence-electron chi connectivity index (χ3n) is 3.61. The van der Waals surface area contributed by atoms with Crippen molar-refractivity contribution in [3.8, 4) is 0 Å². The molecule has 10 heteroatoms. The molecule has 2 saturated heterocycles. The van der Waals surface area contributed by atoms with Crippen molar-refractivity contribution in [1.29, 1.82) is 0 Å². The highest BCUT2D eigenvalue weighted by atomic mass is 79.9. The van der Waals surface area contributed by atoms with Gasteiger partial charge in [0.2, 0.25) is 0 Å². The first kappa shape index (κ1) is 14.9. The Kier molecular flexibility index (Phi) is 3.59. The number of rotatable bonds is 2. The summed E-state index contributed by atoms with van der Waals surface area (Å²) in [6.07, 6.45) is 0.949. The molecule has 3 rings (SSSR count). The lowest BCUT2D eigenvalue weighted by Crippen LogP contribution is -2.59. The summed E-state index contributed by atoms with van der Waals surface area (Å²) in [7, 11) is -3.66. The smallest absolute Gasteiger partial charge is 0.322 e. The number of hydrogen-bond acceptors (Lipinski definition) is 5. The van der Waals surface area contributed by atoms with Crippen LogP contribution in [0.1, 0.15) is 12.8 Å². The molecule has 1 unspecified atom stereocenters. The van der Waals surface area contributed by atoms with Gasteiger partial charge in [-0.2, -0.15) is 4.31 Å². The van der Waals surface area contributed by atoms with Crippen LogP contribution in [0.15, 0.2) is 20.1 Å². The van der Waals surface area contributed by atoms with Gasteiger partial charge in [-0.05, 0) is 40.9 Å². The van der Waals surface area contributed by atoms with E-state index in [1.165, 1.54) is 10.4 Å². The lowest BCUT2D eigenvalue weighted by atomic mass is 9.90. The second-order valence-corrected chi connectivity index (χ2v) is 9.62. The van der Waals surface area contributed by atoms with Gasteiger partial charge in [0.05, 0.1) is 3.79 Å². The minimum atomic E-state index is -3.66. The van der Waals surface area contributed by atoms with E-state index in [1.807, 2.05) is 0 Å². The Morgan fingerprint density at radius 3 is 2.67 bits per heavy atom. The number of nitrogens with zero attached hydrogens (tertiary/aromatic N) is 1. The Bertz CT molecular complexity index is 717. The second-order valence-electron chi connectivity index (χ2n) is 4.99. The van der Waals surface area contributed by atoms with Gasteiger partial charge < -0.3 is 5.32 Å². The minimum absolute atomic E-state index is 0.0393. The Morgan fingerprint density at radius 2 is 2.10 bits per heavy atom. The first-order valence-corrected chi connectivity index (χ1v) is 9.28. The number of sulfonamides is 1. The molecule has 2 aliphatic rings. The van der Waals surface area contributed by atoms with Crippen LogP contribution in [0, 0.1) is 0 Å². The summed E-state index contributed by atoms with van der Waals surface area (Å²) in [5, 5.41) is 4.74. The molecule has 1 aromatic rings. The molecule has 21 heavy (non-hydrogen) atoms. The maximum Gasteiger partial charge on any atom is 0.322 e. The average molecular weight is 394 g/mol. The Balaban J connectivity index is 1.90. The van der Waals surface area contributed by atoms with Gasteiger partial charge in [0, 0.05) is 13.1 Å². The molecule has 2 fully saturated rings. The van der Waals surface area contributed by atoms with E-state index < -0.39 is 27.5 Å². The number of imide groups is 1. The fourth-order valence-electron chi connectivity index (χ4n) is 2.60. The monoisotopic (exact) mass is 393 g/mol. The Hall–Kier alpha value is -0.970. The zero-order valence-corrected chi connectivity index (χ0v) is 14.0. The molecule has 0 bridgehead atoms. The summed E-state index contributed by atoms with van der Waals surface area (Å²) >= 11 is 4.36. The molecule has 3 amide bonds. The molecule has 3 heterocycles. The second kappa shape index (κ2) is 5.04. The highest BCUT2D eigenvalue weighted by Gasteiger charge is 2.50. The molecule has 0 aromatic carbocycles. The Morgan fingerprint density at radius 1 is 1.33 bits per heavy atom. The van der Waals surface area contributed by atoms with Crippen LogP contribution in [0.25, 0.3) is 0 Å². The van der Waals surface area contributed by atoms with Gasteiger partial charge in [-0.15, -0.1) is 11.3 Å². The molecule has 1 spiro atoms. The molecule has 1 aromatic heterocycles. The normalized spacial score (nSPS) is 26.9. The van der Waals surface area contributed by atoms with Crippen molar-refractivity contribution < 1.29 is 18.0 Å². The van der Waals surface area contributed by atoms with Crippen LogP contribution in [0.3, 0.4) is 0 Å². The molecule has 114 valence electrons. The number of piperidine rings is 1. The topological polar surface area (TPSA) is 95.6 Å². The third-order valence-corrected chi connectivity index (χ3v) is 7.55. The van der Waals surface area contributed by atoms with Crippen molar-refractivity contribution in [2.75, 3.05) is 13.1 Å². The molecule has 7 nitrogen and oxygen atoms in total. The quantitative estimate of drug-likeness (QED) is 0.728. The van der Waals surface area contributed by atoms with E-state index in [9.17, 15) is 18.0 Å². The highest BCUT2D eigenvalue weighted by molar-refractivity contribution is 9.11. The molecular weight excluding hydrogens is 382 g/mol. The lowest BCUT2D eigenvalue weighted by molar-refractivity contribution is -0.125. The van der Waals surface area contributed by atoms with Crippen molar-refractivity contribution in [3.05, 3.63) is 15.9 Å². The van der Waals surface area contributed by atoms with Crippen LogP contribution in [0.2, 0.25) is 0 Å². The van der Waals surface area contributed by atoms with Crippen molar-refractivity contribution in [1.82, 2.24) is 14.9 Å². The first-order chi connectivity index (χ1) is 9.83. The largest absolute Gasteiger partial charge is 0.322 e. The van der Waals surface area contributed by atoms with Crippen LogP contribution in [-0.2, 0) is 14.8 Å². The number of amides is 3. The molecule has 2 aliphatic heterocycles. The maximum atomic E-state index is 12.6. The minimum Gasteiger partial charge on any atom is -0.322 e. The van der Waals surface area contributed by atoms with E-state index in [4.69, 9.17) is 0 Å². The fourth-order valence-corrected chi connectivity index (χ4v) is 6.30. The van der Waals surface area contributed by atoms with Crippen molar-refractivity contribution in [3.63, 3.8) is 0 Å². The number of urea groups is 1.